The maximum Gasteiger partial charge on any atom is 0.308 e. The molecule has 0 bridgehead atoms. The molecule has 3 atom stereocenters. The molecule has 5 rings (SSSR count). The molecular weight excluding hydrogens is 917 g/mol. The quantitative estimate of drug-likeness (QED) is 0.0487. The van der Waals surface area contributed by atoms with E-state index in [9.17, 15) is 47.9 Å². The maximum atomic E-state index is 13.8. The average Bonchev–Trinajstić information content (AvgIpc) is 3.58. The first kappa shape index (κ1) is 52.7. The van der Waals surface area contributed by atoms with Crippen LogP contribution in [0, 0.1) is 0 Å². The molecule has 0 radical (unpaired) electrons. The number of esters is 4. The molecule has 4 N–H and O–H groups in total. The SMILES string of the molecule is CC(=O)Oc1cccc(C(=O)NCCCCN(CCCNC(=O)c2cccc(OC(C)=O)c2OC(C)=O)C(=O)CCC(=O)N[C@@H](C(=O)N[C@@H]2C(=O)N3CC(C)(C)SC23)c2ccccc2)c1OC(C)=O. The van der Waals surface area contributed by atoms with Gasteiger partial charge in [-0.15, -0.1) is 11.8 Å². The molecule has 3 aromatic carbocycles. The second-order valence-electron chi connectivity index (χ2n) is 16.7. The number of hydrogen-bond acceptors (Lipinski definition) is 15. The van der Waals surface area contributed by atoms with Crippen molar-refractivity contribution >= 4 is 71.1 Å². The van der Waals surface area contributed by atoms with Gasteiger partial charge in [0.1, 0.15) is 17.5 Å². The predicted molar refractivity (Wildman–Crippen MR) is 249 cm³/mol. The maximum absolute atomic E-state index is 13.8. The lowest BCUT2D eigenvalue weighted by atomic mass is 10.0. The van der Waals surface area contributed by atoms with E-state index in [1.54, 1.807) is 47.0 Å². The normalized spacial score (nSPS) is 15.8. The number of thioether (sulfide) groups is 1. The first-order valence-electron chi connectivity index (χ1n) is 22.2. The van der Waals surface area contributed by atoms with Gasteiger partial charge in [0.05, 0.1) is 11.1 Å². The van der Waals surface area contributed by atoms with Crippen LogP contribution in [0.4, 0.5) is 0 Å². The summed E-state index contributed by atoms with van der Waals surface area (Å²) in [6, 6.07) is 15.1. The van der Waals surface area contributed by atoms with Crippen LogP contribution in [0.2, 0.25) is 0 Å². The lowest BCUT2D eigenvalue weighted by Gasteiger charge is -2.42. The molecule has 2 saturated heterocycles. The van der Waals surface area contributed by atoms with Gasteiger partial charge in [-0.2, -0.15) is 0 Å². The summed E-state index contributed by atoms with van der Waals surface area (Å²) >= 11 is 1.59. The molecule has 6 amide bonds. The van der Waals surface area contributed by atoms with Crippen LogP contribution in [0.25, 0.3) is 0 Å². The van der Waals surface area contributed by atoms with Crippen molar-refractivity contribution in [2.24, 2.45) is 0 Å². The fourth-order valence-corrected chi connectivity index (χ4v) is 9.03. The van der Waals surface area contributed by atoms with Gasteiger partial charge in [-0.25, -0.2) is 0 Å². The smallest absolute Gasteiger partial charge is 0.308 e. The molecule has 20 nitrogen and oxygen atoms in total. The molecule has 0 saturated carbocycles. The average molecular weight is 973 g/mol. The van der Waals surface area contributed by atoms with Crippen molar-refractivity contribution < 1.29 is 66.9 Å². The number of para-hydroxylation sites is 2. The number of β-lactam (4-membered cyclic amide) rings is 1. The highest BCUT2D eigenvalue weighted by Crippen LogP contribution is 2.46. The molecular formula is C48H56N6O14S. The second kappa shape index (κ2) is 24.1. The van der Waals surface area contributed by atoms with Gasteiger partial charge in [-0.05, 0) is 62.9 Å². The number of fused-ring (bicyclic) bond motifs is 1. The number of benzene rings is 3. The fourth-order valence-electron chi connectivity index (χ4n) is 7.54. The first-order chi connectivity index (χ1) is 32.7. The third kappa shape index (κ3) is 14.8. The molecule has 21 heteroatoms. The van der Waals surface area contributed by atoms with Gasteiger partial charge in [-0.1, -0.05) is 42.5 Å². The molecule has 0 aliphatic carbocycles. The standard InChI is InChI=1S/C48H56N6O14S/c1-28(55)65-35-19-12-17-33(41(35)67-30(3)57)43(61)49-23-10-11-25-53(26-14-24-50-44(62)34-18-13-20-36(66-29(2)56)42(34)68-31(4)58)38(60)22-21-37(59)51-39(32-15-8-7-9-16-32)45(63)52-40-46(64)54-27-48(5,6)69-47(40)54/h7-9,12-13,15-20,39-40,47H,10-11,14,21-27H2,1-6H3,(H,49,61)(H,50,62)(H,51,59)(H,52,63)/t39-,40-,47?/m1/s1. The van der Waals surface area contributed by atoms with Crippen LogP contribution >= 0.6 is 11.8 Å². The van der Waals surface area contributed by atoms with Crippen LogP contribution in [-0.4, -0.2) is 118 Å². The summed E-state index contributed by atoms with van der Waals surface area (Å²) in [6.45, 7) is 9.63. The minimum atomic E-state index is -1.16. The first-order valence-corrected chi connectivity index (χ1v) is 23.1. The number of nitrogens with zero attached hydrogens (tertiary/aromatic N) is 2. The number of hydrogen-bond donors (Lipinski definition) is 4. The van der Waals surface area contributed by atoms with E-state index in [0.29, 0.717) is 24.9 Å². The zero-order valence-corrected chi connectivity index (χ0v) is 40.0. The fraction of sp³-hybridized carbons (Fsp3) is 0.417. The van der Waals surface area contributed by atoms with Crippen LogP contribution in [-0.2, 0) is 38.4 Å². The molecule has 2 fully saturated rings. The number of amides is 6. The summed E-state index contributed by atoms with van der Waals surface area (Å²) in [5, 5.41) is 10.8. The molecule has 0 aromatic heterocycles. The van der Waals surface area contributed by atoms with E-state index in [4.69, 9.17) is 18.9 Å². The Hall–Kier alpha value is -7.29. The Morgan fingerprint density at radius 1 is 0.681 bits per heavy atom. The highest BCUT2D eigenvalue weighted by atomic mass is 32.2. The topological polar surface area (TPSA) is 262 Å². The molecule has 2 aliphatic heterocycles. The Kier molecular flexibility index (Phi) is 18.4. The van der Waals surface area contributed by atoms with Crippen molar-refractivity contribution in [2.45, 2.75) is 95.9 Å². The lowest BCUT2D eigenvalue weighted by Crippen LogP contribution is -2.68. The number of carbonyl (C=O) groups is 10. The van der Waals surface area contributed by atoms with Gasteiger partial charge in [0.15, 0.2) is 23.0 Å². The minimum absolute atomic E-state index is 0.0412. The Morgan fingerprint density at radius 2 is 1.20 bits per heavy atom. The van der Waals surface area contributed by atoms with Gasteiger partial charge in [0, 0.05) is 78.0 Å². The molecule has 368 valence electrons. The molecule has 0 spiro atoms. The Labute approximate surface area is 402 Å². The minimum Gasteiger partial charge on any atom is -0.423 e. The number of carbonyl (C=O) groups excluding carboxylic acids is 10. The van der Waals surface area contributed by atoms with Crippen LogP contribution in [0.1, 0.15) is 106 Å². The van der Waals surface area contributed by atoms with Crippen molar-refractivity contribution in [2.75, 3.05) is 32.7 Å². The summed E-state index contributed by atoms with van der Waals surface area (Å²) in [6.07, 6.45) is 0.412. The van der Waals surface area contributed by atoms with E-state index in [1.165, 1.54) is 41.3 Å². The van der Waals surface area contributed by atoms with Crippen molar-refractivity contribution in [1.82, 2.24) is 31.1 Å². The Balaban J connectivity index is 1.22. The zero-order chi connectivity index (χ0) is 50.4. The van der Waals surface area contributed by atoms with E-state index < -0.39 is 65.5 Å². The summed E-state index contributed by atoms with van der Waals surface area (Å²) < 4.78 is 20.5. The van der Waals surface area contributed by atoms with Crippen molar-refractivity contribution in [3.05, 3.63) is 83.4 Å². The van der Waals surface area contributed by atoms with E-state index in [0.717, 1.165) is 27.7 Å². The van der Waals surface area contributed by atoms with Crippen LogP contribution in [0.3, 0.4) is 0 Å². The molecule has 2 aliphatic rings. The van der Waals surface area contributed by atoms with E-state index >= 15 is 0 Å². The third-order valence-electron chi connectivity index (χ3n) is 10.5. The monoisotopic (exact) mass is 972 g/mol. The van der Waals surface area contributed by atoms with Gasteiger partial charge in [0.2, 0.25) is 23.6 Å². The van der Waals surface area contributed by atoms with Crippen LogP contribution in [0.15, 0.2) is 66.7 Å². The number of rotatable bonds is 22. The summed E-state index contributed by atoms with van der Waals surface area (Å²) in [5.74, 6) is -6.63. The molecule has 69 heavy (non-hydrogen) atoms. The summed E-state index contributed by atoms with van der Waals surface area (Å²) in [7, 11) is 0. The highest BCUT2D eigenvalue weighted by Gasteiger charge is 2.56. The Morgan fingerprint density at radius 3 is 1.74 bits per heavy atom. The van der Waals surface area contributed by atoms with Crippen LogP contribution in [0.5, 0.6) is 23.0 Å². The molecule has 2 heterocycles. The lowest BCUT2D eigenvalue weighted by molar-refractivity contribution is -0.148. The van der Waals surface area contributed by atoms with Crippen molar-refractivity contribution in [3.8, 4) is 23.0 Å². The Bertz CT molecular complexity index is 2460. The summed E-state index contributed by atoms with van der Waals surface area (Å²) in [5.41, 5.74) is 0.352. The van der Waals surface area contributed by atoms with Crippen LogP contribution < -0.4 is 40.2 Å². The molecule has 1 unspecified atom stereocenters. The van der Waals surface area contributed by atoms with Crippen molar-refractivity contribution in [3.63, 3.8) is 0 Å². The number of nitrogens with one attached hydrogen (secondary N) is 4. The van der Waals surface area contributed by atoms with Gasteiger partial charge in [-0.3, -0.25) is 47.9 Å². The van der Waals surface area contributed by atoms with Gasteiger partial charge in [0.25, 0.3) is 11.8 Å². The summed E-state index contributed by atoms with van der Waals surface area (Å²) in [4.78, 5) is 131. The van der Waals surface area contributed by atoms with E-state index in [1.807, 2.05) is 13.8 Å². The van der Waals surface area contributed by atoms with Crippen molar-refractivity contribution in [1.29, 1.82) is 0 Å². The highest BCUT2D eigenvalue weighted by molar-refractivity contribution is 8.01. The number of ether oxygens (including phenoxy) is 4. The number of unbranched alkanes of at least 4 members (excludes halogenated alkanes) is 1. The third-order valence-corrected chi connectivity index (χ3v) is 12.1. The largest absolute Gasteiger partial charge is 0.423 e. The van der Waals surface area contributed by atoms with E-state index in [-0.39, 0.29) is 95.6 Å². The molecule has 3 aromatic rings. The predicted octanol–water partition coefficient (Wildman–Crippen LogP) is 3.36. The van der Waals surface area contributed by atoms with Gasteiger partial charge < -0.3 is 50.0 Å². The zero-order valence-electron chi connectivity index (χ0n) is 39.2. The second-order valence-corrected chi connectivity index (χ2v) is 18.5. The van der Waals surface area contributed by atoms with E-state index in [2.05, 4.69) is 21.3 Å². The van der Waals surface area contributed by atoms with Gasteiger partial charge >= 0.3 is 23.9 Å².